The number of amides is 5. The van der Waals surface area contributed by atoms with E-state index in [1.54, 1.807) is 66.9 Å². The van der Waals surface area contributed by atoms with Gasteiger partial charge >= 0.3 is 0 Å². The molecule has 0 saturated carbocycles. The number of anilines is 3. The standard InChI is InChI=1S/C50H50ClF2N9O9.ClH/c51-32-9-12-34-36(25-32)46(44-38(52)4-2-5-39(44)53)56-26-31-27-57-50(61-45(31)34)58-33-10-7-30(8-11-33)47(65)55-17-20-68-18-15-54-16-19-69-21-22-70-23-24-71-29-43(64)59-40-6-1-3-35-37(40)28-62(49(35)67)41-13-14-42(63)60-48(41)66;/h1-12,25,27,41,54H,13-24,26,28-29H2,(H,55,65)(H,59,64)(H,57,58,61)(H,60,63,66);1H. The second kappa shape index (κ2) is 25.6. The molecule has 378 valence electrons. The molecule has 3 aliphatic heterocycles. The fourth-order valence-electron chi connectivity index (χ4n) is 8.10. The molecule has 72 heavy (non-hydrogen) atoms. The van der Waals surface area contributed by atoms with Crippen LogP contribution in [0, 0.1) is 11.6 Å². The van der Waals surface area contributed by atoms with E-state index in [1.807, 2.05) is 0 Å². The van der Waals surface area contributed by atoms with Gasteiger partial charge < -0.3 is 45.1 Å². The number of halogens is 4. The molecule has 5 amide bonds. The van der Waals surface area contributed by atoms with Crippen LogP contribution in [0.3, 0.4) is 0 Å². The van der Waals surface area contributed by atoms with Crippen molar-refractivity contribution in [2.45, 2.75) is 32.0 Å². The van der Waals surface area contributed by atoms with Crippen LogP contribution >= 0.6 is 24.0 Å². The number of rotatable bonds is 23. The summed E-state index contributed by atoms with van der Waals surface area (Å²) in [5.41, 5.74) is 4.67. The summed E-state index contributed by atoms with van der Waals surface area (Å²) in [6, 6.07) is 19.7. The summed E-state index contributed by atoms with van der Waals surface area (Å²) in [7, 11) is 0. The van der Waals surface area contributed by atoms with Gasteiger partial charge in [-0.3, -0.25) is 34.3 Å². The van der Waals surface area contributed by atoms with Gasteiger partial charge in [0.25, 0.3) is 11.8 Å². The van der Waals surface area contributed by atoms with E-state index in [2.05, 4.69) is 36.6 Å². The molecule has 0 spiro atoms. The maximum Gasteiger partial charge on any atom is 0.255 e. The fraction of sp³-hybridized carbons (Fsp3) is 0.320. The molecule has 0 bridgehead atoms. The van der Waals surface area contributed by atoms with Gasteiger partial charge in [0, 0.05) is 88.6 Å². The van der Waals surface area contributed by atoms with Crippen LogP contribution in [0.1, 0.15) is 55.8 Å². The van der Waals surface area contributed by atoms with E-state index in [0.29, 0.717) is 108 Å². The molecule has 3 aliphatic rings. The minimum Gasteiger partial charge on any atom is -0.378 e. The van der Waals surface area contributed by atoms with Crippen LogP contribution in [-0.2, 0) is 46.4 Å². The first-order valence-electron chi connectivity index (χ1n) is 22.9. The van der Waals surface area contributed by atoms with Gasteiger partial charge in [-0.05, 0) is 67.1 Å². The van der Waals surface area contributed by atoms with Gasteiger partial charge in [0.15, 0.2) is 0 Å². The molecule has 1 fully saturated rings. The molecular formula is C50H51Cl2F2N9O9. The van der Waals surface area contributed by atoms with E-state index in [1.165, 1.54) is 23.1 Å². The number of carbonyl (C=O) groups is 5. The molecule has 0 radical (unpaired) electrons. The third-order valence-electron chi connectivity index (χ3n) is 11.6. The Balaban J connectivity index is 0.00000760. The van der Waals surface area contributed by atoms with Crippen LogP contribution in [0.5, 0.6) is 0 Å². The highest BCUT2D eigenvalue weighted by molar-refractivity contribution is 6.31. The molecule has 1 aromatic heterocycles. The van der Waals surface area contributed by atoms with Crippen molar-refractivity contribution in [2.75, 3.05) is 83.1 Å². The smallest absolute Gasteiger partial charge is 0.255 e. The predicted octanol–water partition coefficient (Wildman–Crippen LogP) is 5.38. The lowest BCUT2D eigenvalue weighted by molar-refractivity contribution is -0.137. The van der Waals surface area contributed by atoms with Gasteiger partial charge in [-0.15, -0.1) is 12.4 Å². The number of fused-ring (bicyclic) bond motifs is 4. The average Bonchev–Trinajstić information content (AvgIpc) is 3.61. The first-order chi connectivity index (χ1) is 34.5. The molecule has 5 aromatic rings. The van der Waals surface area contributed by atoms with E-state index in [-0.39, 0.29) is 93.1 Å². The number of hydrogen-bond donors (Lipinski definition) is 5. The Morgan fingerprint density at radius 1 is 0.806 bits per heavy atom. The lowest BCUT2D eigenvalue weighted by Gasteiger charge is -2.29. The monoisotopic (exact) mass is 1030 g/mol. The normalized spacial score (nSPS) is 14.8. The molecule has 8 rings (SSSR count). The van der Waals surface area contributed by atoms with Crippen LogP contribution in [0.15, 0.2) is 90.1 Å². The van der Waals surface area contributed by atoms with E-state index in [4.69, 9.17) is 35.5 Å². The number of carbonyl (C=O) groups excluding carboxylic acids is 5. The van der Waals surface area contributed by atoms with Crippen molar-refractivity contribution in [1.82, 2.24) is 30.8 Å². The third-order valence-corrected chi connectivity index (χ3v) is 11.8. The summed E-state index contributed by atoms with van der Waals surface area (Å²) in [5, 5.41) is 14.7. The molecule has 4 heterocycles. The molecular weight excluding hydrogens is 980 g/mol. The van der Waals surface area contributed by atoms with Crippen LogP contribution < -0.4 is 26.6 Å². The van der Waals surface area contributed by atoms with Crippen LogP contribution in [0.25, 0.3) is 11.3 Å². The van der Waals surface area contributed by atoms with Crippen LogP contribution in [0.4, 0.5) is 26.1 Å². The summed E-state index contributed by atoms with van der Waals surface area (Å²) in [5.74, 6) is -3.06. The Morgan fingerprint density at radius 3 is 2.25 bits per heavy atom. The summed E-state index contributed by atoms with van der Waals surface area (Å²) in [6.45, 7) is 3.94. The second-order valence-electron chi connectivity index (χ2n) is 16.4. The second-order valence-corrected chi connectivity index (χ2v) is 16.8. The highest BCUT2D eigenvalue weighted by Gasteiger charge is 2.40. The molecule has 5 N–H and O–H groups in total. The molecule has 4 aromatic carbocycles. The highest BCUT2D eigenvalue weighted by atomic mass is 35.5. The van der Waals surface area contributed by atoms with Crippen molar-refractivity contribution in [3.63, 3.8) is 0 Å². The molecule has 22 heteroatoms. The van der Waals surface area contributed by atoms with Gasteiger partial charge in [0.05, 0.1) is 69.8 Å². The minimum atomic E-state index is -0.748. The summed E-state index contributed by atoms with van der Waals surface area (Å²) in [6.07, 6.45) is 2.02. The van der Waals surface area contributed by atoms with Gasteiger partial charge in [0.2, 0.25) is 23.7 Å². The van der Waals surface area contributed by atoms with Crippen LogP contribution in [-0.4, -0.2) is 129 Å². The van der Waals surface area contributed by atoms with E-state index in [0.717, 1.165) is 0 Å². The van der Waals surface area contributed by atoms with Crippen molar-refractivity contribution < 1.29 is 51.7 Å². The van der Waals surface area contributed by atoms with E-state index < -0.39 is 29.5 Å². The lowest BCUT2D eigenvalue weighted by atomic mass is 9.95. The Hall–Kier alpha value is -6.78. The van der Waals surface area contributed by atoms with Crippen molar-refractivity contribution in [3.05, 3.63) is 135 Å². The average molecular weight is 1030 g/mol. The summed E-state index contributed by atoms with van der Waals surface area (Å²) in [4.78, 5) is 77.5. The highest BCUT2D eigenvalue weighted by Crippen LogP contribution is 2.35. The summed E-state index contributed by atoms with van der Waals surface area (Å²) >= 11 is 6.34. The molecule has 1 atom stereocenters. The number of nitrogens with one attached hydrogen (secondary N) is 5. The van der Waals surface area contributed by atoms with Crippen LogP contribution in [0.2, 0.25) is 5.02 Å². The number of benzene rings is 4. The predicted molar refractivity (Wildman–Crippen MR) is 265 cm³/mol. The molecule has 1 saturated heterocycles. The third kappa shape index (κ3) is 13.4. The Kier molecular flexibility index (Phi) is 18.8. The van der Waals surface area contributed by atoms with E-state index >= 15 is 0 Å². The van der Waals surface area contributed by atoms with Crippen molar-refractivity contribution >= 4 is 76.6 Å². The maximum atomic E-state index is 14.9. The van der Waals surface area contributed by atoms with Gasteiger partial charge in [-0.25, -0.2) is 18.7 Å². The van der Waals surface area contributed by atoms with Gasteiger partial charge in [0.1, 0.15) is 24.3 Å². The van der Waals surface area contributed by atoms with Gasteiger partial charge in [-0.2, -0.15) is 0 Å². The van der Waals surface area contributed by atoms with Crippen molar-refractivity contribution in [1.29, 1.82) is 0 Å². The first kappa shape index (κ1) is 53.0. The van der Waals surface area contributed by atoms with Crippen molar-refractivity contribution in [2.24, 2.45) is 4.99 Å². The fourth-order valence-corrected chi connectivity index (χ4v) is 8.28. The minimum absolute atomic E-state index is 0. The lowest BCUT2D eigenvalue weighted by Crippen LogP contribution is -2.52. The Morgan fingerprint density at radius 2 is 1.50 bits per heavy atom. The van der Waals surface area contributed by atoms with Gasteiger partial charge in [-0.1, -0.05) is 29.8 Å². The number of ether oxygens (including phenoxy) is 4. The Bertz CT molecular complexity index is 2800. The SMILES string of the molecule is Cl.O=C1CCC(N2Cc3c(NC(=O)COCCOCCOCCNCCOCCNC(=O)c4ccc(Nc5ncc6c(n5)-c5ccc(Cl)cc5C(c5c(F)cccc5F)=NC6)cc4)cccc3C2=O)C(=O)N1. The largest absolute Gasteiger partial charge is 0.378 e. The number of nitrogens with zero attached hydrogens (tertiary/aromatic N) is 4. The Labute approximate surface area is 424 Å². The van der Waals surface area contributed by atoms with Crippen molar-refractivity contribution in [3.8, 4) is 11.3 Å². The zero-order valence-electron chi connectivity index (χ0n) is 38.8. The maximum absolute atomic E-state index is 14.9. The topological polar surface area (TPSA) is 224 Å². The zero-order chi connectivity index (χ0) is 49.7. The molecule has 18 nitrogen and oxygen atoms in total. The molecule has 0 aliphatic carbocycles. The number of aromatic nitrogens is 2. The zero-order valence-corrected chi connectivity index (χ0v) is 40.3. The summed E-state index contributed by atoms with van der Waals surface area (Å²) < 4.78 is 52.0. The number of imide groups is 1. The first-order valence-corrected chi connectivity index (χ1v) is 23.3. The van der Waals surface area contributed by atoms with E-state index in [9.17, 15) is 32.8 Å². The number of aliphatic imine (C=N–C) groups is 1. The quantitative estimate of drug-likeness (QED) is 0.0410. The number of hydrogen-bond acceptors (Lipinski definition) is 14. The molecule has 1 unspecified atom stereocenters. The number of piperidine rings is 1.